The first-order valence-electron chi connectivity index (χ1n) is 11.3. The number of ether oxygens (including phenoxy) is 1. The van der Waals surface area contributed by atoms with E-state index in [-0.39, 0.29) is 37.7 Å². The molecule has 0 saturated heterocycles. The van der Waals surface area contributed by atoms with Gasteiger partial charge in [0.2, 0.25) is 0 Å². The van der Waals surface area contributed by atoms with Crippen molar-refractivity contribution in [3.8, 4) is 11.1 Å². The van der Waals surface area contributed by atoms with Crippen LogP contribution in [0.1, 0.15) is 39.4 Å². The first-order valence-corrected chi connectivity index (χ1v) is 11.3. The third-order valence-corrected chi connectivity index (χ3v) is 6.02. The van der Waals surface area contributed by atoms with Gasteiger partial charge in [-0.25, -0.2) is 9.59 Å². The Kier molecular flexibility index (Phi) is 7.42. The Hall–Kier alpha value is -4.17. The van der Waals surface area contributed by atoms with E-state index in [0.29, 0.717) is 0 Å². The fourth-order valence-electron chi connectivity index (χ4n) is 4.23. The maximum atomic E-state index is 12.3. The molecule has 0 heterocycles. The van der Waals surface area contributed by atoms with Gasteiger partial charge in [-0.3, -0.25) is 4.79 Å². The Morgan fingerprint density at radius 2 is 1.49 bits per heavy atom. The number of aliphatic hydroxyl groups excluding tert-OH is 1. The summed E-state index contributed by atoms with van der Waals surface area (Å²) < 4.78 is 5.52. The summed E-state index contributed by atoms with van der Waals surface area (Å²) >= 11 is 0. The lowest BCUT2D eigenvalue weighted by Crippen LogP contribution is -2.41. The van der Waals surface area contributed by atoms with Crippen molar-refractivity contribution in [2.24, 2.45) is 0 Å². The number of amides is 2. The minimum absolute atomic E-state index is 0.0218. The lowest BCUT2D eigenvalue weighted by atomic mass is 9.98. The zero-order valence-corrected chi connectivity index (χ0v) is 18.9. The number of benzene rings is 3. The van der Waals surface area contributed by atoms with E-state index in [1.807, 2.05) is 24.3 Å². The molecule has 0 unspecified atom stereocenters. The van der Waals surface area contributed by atoms with Crippen LogP contribution in [0.3, 0.4) is 0 Å². The Labute approximate surface area is 202 Å². The number of aliphatic hydroxyl groups is 1. The number of fused-ring (bicyclic) bond motifs is 3. The van der Waals surface area contributed by atoms with Crippen molar-refractivity contribution >= 4 is 18.0 Å². The van der Waals surface area contributed by atoms with Gasteiger partial charge in [-0.05, 0) is 39.9 Å². The highest BCUT2D eigenvalue weighted by atomic mass is 16.5. The molecule has 2 amide bonds. The highest BCUT2D eigenvalue weighted by Gasteiger charge is 2.29. The summed E-state index contributed by atoms with van der Waals surface area (Å²) in [5, 5.41) is 23.1. The summed E-state index contributed by atoms with van der Waals surface area (Å²) in [5.41, 5.74) is 5.62. The molecule has 8 nitrogen and oxygen atoms in total. The predicted molar refractivity (Wildman–Crippen MR) is 129 cm³/mol. The predicted octanol–water partition coefficient (Wildman–Crippen LogP) is 3.29. The molecule has 0 bridgehead atoms. The summed E-state index contributed by atoms with van der Waals surface area (Å²) in [5.74, 6) is -1.79. The Morgan fingerprint density at radius 3 is 2.06 bits per heavy atom. The largest absolute Gasteiger partial charge is 0.480 e. The number of carboxylic acids is 1. The number of rotatable bonds is 9. The van der Waals surface area contributed by atoms with Crippen LogP contribution in [0.5, 0.6) is 0 Å². The van der Waals surface area contributed by atoms with Gasteiger partial charge in [0.05, 0.1) is 0 Å². The lowest BCUT2D eigenvalue weighted by Gasteiger charge is -2.15. The molecule has 0 fully saturated rings. The monoisotopic (exact) mass is 474 g/mol. The van der Waals surface area contributed by atoms with Crippen molar-refractivity contribution in [1.29, 1.82) is 0 Å². The van der Waals surface area contributed by atoms with Gasteiger partial charge in [0.1, 0.15) is 12.6 Å². The third-order valence-electron chi connectivity index (χ3n) is 6.02. The number of carbonyl (C=O) groups excluding carboxylic acids is 2. The molecule has 4 N–H and O–H groups in total. The van der Waals surface area contributed by atoms with E-state index in [9.17, 15) is 14.4 Å². The summed E-state index contributed by atoms with van der Waals surface area (Å²) in [6.45, 7) is 0.0795. The second kappa shape index (κ2) is 10.8. The molecule has 0 saturated carbocycles. The summed E-state index contributed by atoms with van der Waals surface area (Å²) in [6.07, 6.45) is -0.620. The van der Waals surface area contributed by atoms with Gasteiger partial charge in [0.25, 0.3) is 5.91 Å². The Balaban J connectivity index is 1.30. The fourth-order valence-corrected chi connectivity index (χ4v) is 4.23. The number of alkyl carbamates (subject to hydrolysis) is 1. The molecule has 1 aliphatic rings. The maximum absolute atomic E-state index is 12.3. The van der Waals surface area contributed by atoms with E-state index in [1.165, 1.54) is 0 Å². The fraction of sp³-hybridized carbons (Fsp3) is 0.222. The topological polar surface area (TPSA) is 125 Å². The minimum Gasteiger partial charge on any atom is -0.480 e. The summed E-state index contributed by atoms with van der Waals surface area (Å²) in [6, 6.07) is 21.5. The van der Waals surface area contributed by atoms with Crippen molar-refractivity contribution in [2.75, 3.05) is 13.2 Å². The number of hydrogen-bond acceptors (Lipinski definition) is 5. The van der Waals surface area contributed by atoms with Crippen molar-refractivity contribution in [2.45, 2.75) is 24.9 Å². The number of carbonyl (C=O) groups is 3. The molecule has 8 heteroatoms. The molecule has 1 atom stereocenters. The Morgan fingerprint density at radius 1 is 0.886 bits per heavy atom. The van der Waals surface area contributed by atoms with Crippen LogP contribution in [0.4, 0.5) is 4.79 Å². The first-order chi connectivity index (χ1) is 17.0. The molecule has 3 aromatic carbocycles. The molecule has 180 valence electrons. The van der Waals surface area contributed by atoms with Gasteiger partial charge in [0, 0.05) is 31.1 Å². The molecule has 1 aliphatic carbocycles. The molecular formula is C27H26N2O6. The van der Waals surface area contributed by atoms with E-state index in [2.05, 4.69) is 34.9 Å². The smallest absolute Gasteiger partial charge is 0.407 e. The van der Waals surface area contributed by atoms with E-state index in [0.717, 1.165) is 27.8 Å². The van der Waals surface area contributed by atoms with Gasteiger partial charge in [-0.15, -0.1) is 0 Å². The van der Waals surface area contributed by atoms with Gasteiger partial charge in [0.15, 0.2) is 0 Å². The molecule has 4 rings (SSSR count). The van der Waals surface area contributed by atoms with Crippen molar-refractivity contribution in [3.05, 3.63) is 95.1 Å². The average Bonchev–Trinajstić information content (AvgIpc) is 3.20. The summed E-state index contributed by atoms with van der Waals surface area (Å²) in [4.78, 5) is 35.7. The molecule has 35 heavy (non-hydrogen) atoms. The van der Waals surface area contributed by atoms with Gasteiger partial charge in [-0.1, -0.05) is 60.7 Å². The SMILES string of the molecule is O=C(NCc1ccc(C(=O)N[C@@H](CCO)C(=O)O)cc1)OCC1c2ccccc2-c2ccccc21. The second-order valence-electron chi connectivity index (χ2n) is 8.25. The van der Waals surface area contributed by atoms with E-state index in [4.69, 9.17) is 14.9 Å². The zero-order valence-electron chi connectivity index (χ0n) is 18.9. The third kappa shape index (κ3) is 5.50. The van der Waals surface area contributed by atoms with Crippen LogP contribution in [0.25, 0.3) is 11.1 Å². The lowest BCUT2D eigenvalue weighted by molar-refractivity contribution is -0.139. The minimum atomic E-state index is -1.21. The van der Waals surface area contributed by atoms with Crippen LogP contribution in [0, 0.1) is 0 Å². The standard InChI is InChI=1S/C27H26N2O6/c30-14-13-24(26(32)33)29-25(31)18-11-9-17(10-12-18)15-28-27(34)35-16-23-21-7-3-1-5-19(21)20-6-2-4-8-22(20)23/h1-12,23-24,30H,13-16H2,(H,28,34)(H,29,31)(H,32,33)/t24-/m0/s1. The molecule has 0 aliphatic heterocycles. The van der Waals surface area contributed by atoms with Gasteiger partial charge < -0.3 is 25.6 Å². The number of nitrogens with one attached hydrogen (secondary N) is 2. The maximum Gasteiger partial charge on any atom is 0.407 e. The van der Waals surface area contributed by atoms with E-state index < -0.39 is 24.0 Å². The molecule has 0 aromatic heterocycles. The van der Waals surface area contributed by atoms with Gasteiger partial charge >= 0.3 is 12.1 Å². The van der Waals surface area contributed by atoms with Crippen LogP contribution in [0.15, 0.2) is 72.8 Å². The van der Waals surface area contributed by atoms with E-state index >= 15 is 0 Å². The average molecular weight is 475 g/mol. The number of hydrogen-bond donors (Lipinski definition) is 4. The normalized spacial score (nSPS) is 12.8. The summed E-state index contributed by atoms with van der Waals surface area (Å²) in [7, 11) is 0. The van der Waals surface area contributed by atoms with Crippen LogP contribution < -0.4 is 10.6 Å². The molecule has 3 aromatic rings. The van der Waals surface area contributed by atoms with Crippen LogP contribution >= 0.6 is 0 Å². The van der Waals surface area contributed by atoms with Crippen LogP contribution in [-0.2, 0) is 16.1 Å². The van der Waals surface area contributed by atoms with Crippen molar-refractivity contribution < 1.29 is 29.3 Å². The molecular weight excluding hydrogens is 448 g/mol. The zero-order chi connectivity index (χ0) is 24.8. The molecule has 0 radical (unpaired) electrons. The highest BCUT2D eigenvalue weighted by Crippen LogP contribution is 2.44. The van der Waals surface area contributed by atoms with Crippen molar-refractivity contribution in [3.63, 3.8) is 0 Å². The number of aliphatic carboxylic acids is 1. The van der Waals surface area contributed by atoms with Crippen LogP contribution in [0.2, 0.25) is 0 Å². The van der Waals surface area contributed by atoms with E-state index in [1.54, 1.807) is 24.3 Å². The van der Waals surface area contributed by atoms with Gasteiger partial charge in [-0.2, -0.15) is 0 Å². The van der Waals surface area contributed by atoms with Crippen molar-refractivity contribution in [1.82, 2.24) is 10.6 Å². The second-order valence-corrected chi connectivity index (χ2v) is 8.25. The number of carboxylic acid groups (broad SMARTS) is 1. The molecule has 0 spiro atoms. The Bertz CT molecular complexity index is 1180. The first kappa shape index (κ1) is 24.0. The highest BCUT2D eigenvalue weighted by molar-refractivity contribution is 5.96. The van der Waals surface area contributed by atoms with Crippen LogP contribution in [-0.4, -0.2) is 47.4 Å². The quantitative estimate of drug-likeness (QED) is 0.377.